The summed E-state index contributed by atoms with van der Waals surface area (Å²) in [5, 5.41) is 0. The molecule has 2 rings (SSSR count). The van der Waals surface area contributed by atoms with Gasteiger partial charge in [-0.1, -0.05) is 53.4 Å². The van der Waals surface area contributed by atoms with Gasteiger partial charge in [0.2, 0.25) is 0 Å². The van der Waals surface area contributed by atoms with Crippen LogP contribution in [0.25, 0.3) is 4.85 Å². The molecule has 0 aliphatic rings. The van der Waals surface area contributed by atoms with Crippen LogP contribution in [0, 0.1) is 6.07 Å². The van der Waals surface area contributed by atoms with Crippen LogP contribution in [0.2, 0.25) is 0 Å². The van der Waals surface area contributed by atoms with Crippen molar-refractivity contribution in [2.45, 2.75) is 12.8 Å². The molecule has 0 atom stereocenters. The van der Waals surface area contributed by atoms with E-state index in [9.17, 15) is 0 Å². The van der Waals surface area contributed by atoms with Crippen LogP contribution >= 0.6 is 0 Å². The molecule has 84 valence electrons. The average Bonchev–Trinajstić information content (AvgIpc) is 2.41. The molecular formula is C16H16N+. The lowest BCUT2D eigenvalue weighted by Gasteiger charge is -1.93. The molecular weight excluding hydrogens is 206 g/mol. The maximum atomic E-state index is 4.31. The molecule has 1 heteroatoms. The zero-order valence-corrected chi connectivity index (χ0v) is 9.84. The van der Waals surface area contributed by atoms with Crippen molar-refractivity contribution in [1.29, 1.82) is 0 Å². The molecule has 0 aromatic heterocycles. The Morgan fingerprint density at radius 2 is 1.47 bits per heavy atom. The molecule has 0 saturated carbocycles. The fourth-order valence-corrected chi connectivity index (χ4v) is 1.67. The molecule has 0 unspecified atom stereocenters. The Morgan fingerprint density at radius 3 is 2.18 bits per heavy atom. The Morgan fingerprint density at radius 1 is 0.824 bits per heavy atom. The highest BCUT2D eigenvalue weighted by atomic mass is 14.6. The first-order chi connectivity index (χ1) is 8.45. The van der Waals surface area contributed by atoms with E-state index in [0.717, 1.165) is 24.9 Å². The highest BCUT2D eigenvalue weighted by molar-refractivity contribution is 5.30. The van der Waals surface area contributed by atoms with Crippen LogP contribution in [-0.2, 0) is 6.42 Å². The summed E-state index contributed by atoms with van der Waals surface area (Å²) in [4.78, 5) is 4.31. The van der Waals surface area contributed by atoms with Gasteiger partial charge in [-0.2, -0.15) is 0 Å². The van der Waals surface area contributed by atoms with E-state index in [1.54, 1.807) is 0 Å². The van der Waals surface area contributed by atoms with E-state index in [1.165, 1.54) is 5.56 Å². The lowest BCUT2D eigenvalue weighted by atomic mass is 10.1. The normalized spacial score (nSPS) is 9.41. The van der Waals surface area contributed by atoms with Crippen molar-refractivity contribution in [3.8, 4) is 6.07 Å². The van der Waals surface area contributed by atoms with Crippen molar-refractivity contribution in [3.63, 3.8) is 0 Å². The molecule has 0 spiro atoms. The van der Waals surface area contributed by atoms with Gasteiger partial charge in [0.1, 0.15) is 5.56 Å². The topological polar surface area (TPSA) is 4.36 Å². The van der Waals surface area contributed by atoms with Crippen molar-refractivity contribution < 1.29 is 0 Å². The van der Waals surface area contributed by atoms with E-state index in [0.29, 0.717) is 0 Å². The lowest BCUT2D eigenvalue weighted by Crippen LogP contribution is -1.86. The Labute approximate surface area is 103 Å². The van der Waals surface area contributed by atoms with Gasteiger partial charge >= 0.3 is 6.07 Å². The average molecular weight is 222 g/mol. The Bertz CT molecular complexity index is 491. The van der Waals surface area contributed by atoms with Gasteiger partial charge in [0.15, 0.2) is 0 Å². The van der Waals surface area contributed by atoms with E-state index >= 15 is 0 Å². The van der Waals surface area contributed by atoms with E-state index in [1.807, 2.05) is 36.4 Å². The van der Waals surface area contributed by atoms with Crippen LogP contribution in [0.3, 0.4) is 0 Å². The number of rotatable bonds is 3. The van der Waals surface area contributed by atoms with Gasteiger partial charge in [-0.25, -0.2) is 0 Å². The van der Waals surface area contributed by atoms with Gasteiger partial charge < -0.3 is 0 Å². The van der Waals surface area contributed by atoms with Gasteiger partial charge in [-0.15, -0.1) is 0 Å². The monoisotopic (exact) mass is 222 g/mol. The quantitative estimate of drug-likeness (QED) is 0.691. The zero-order valence-electron chi connectivity index (χ0n) is 9.84. The van der Waals surface area contributed by atoms with Crippen molar-refractivity contribution in [3.05, 3.63) is 76.6 Å². The molecule has 0 heterocycles. The molecule has 0 aliphatic carbocycles. The smallest absolute Gasteiger partial charge is 0.0780 e. The molecule has 1 nitrogen and oxygen atoms in total. The Hall–Kier alpha value is -2.07. The van der Waals surface area contributed by atoms with Crippen LogP contribution < -0.4 is 0 Å². The summed E-state index contributed by atoms with van der Waals surface area (Å²) in [6.45, 7) is 0.837. The highest BCUT2D eigenvalue weighted by Crippen LogP contribution is 2.02. The largest absolute Gasteiger partial charge is 0.311 e. The van der Waals surface area contributed by atoms with Crippen LogP contribution in [0.4, 0.5) is 0 Å². The molecule has 0 aliphatic heterocycles. The van der Waals surface area contributed by atoms with Gasteiger partial charge in [-0.3, -0.25) is 0 Å². The van der Waals surface area contributed by atoms with Gasteiger partial charge in [0.25, 0.3) is 6.54 Å². The predicted octanol–water partition coefficient (Wildman–Crippen LogP) is 4.00. The van der Waals surface area contributed by atoms with E-state index in [-0.39, 0.29) is 0 Å². The van der Waals surface area contributed by atoms with Crippen LogP contribution in [0.15, 0.2) is 60.7 Å². The van der Waals surface area contributed by atoms with E-state index in [4.69, 9.17) is 0 Å². The number of nitrogens with zero attached hydrogens (tertiary/aromatic N) is 1. The number of hydrogen-bond acceptors (Lipinski definition) is 0. The first-order valence-electron chi connectivity index (χ1n) is 5.96. The van der Waals surface area contributed by atoms with Crippen LogP contribution in [-0.4, -0.2) is 6.54 Å². The summed E-state index contributed by atoms with van der Waals surface area (Å²) in [5.74, 6) is 0. The Balaban J connectivity index is 1.76. The fourth-order valence-electron chi connectivity index (χ4n) is 1.67. The second-order valence-corrected chi connectivity index (χ2v) is 3.95. The van der Waals surface area contributed by atoms with Gasteiger partial charge in [-0.05, 0) is 24.1 Å². The summed E-state index contributed by atoms with van der Waals surface area (Å²) in [6, 6.07) is 23.6. The Kier molecular flexibility index (Phi) is 4.36. The van der Waals surface area contributed by atoms with Gasteiger partial charge in [0.05, 0.1) is 0 Å². The molecule has 17 heavy (non-hydrogen) atoms. The summed E-state index contributed by atoms with van der Waals surface area (Å²) < 4.78 is 0. The molecule has 2 aromatic carbocycles. The third-order valence-corrected chi connectivity index (χ3v) is 2.56. The first kappa shape index (κ1) is 11.4. The second kappa shape index (κ2) is 6.50. The minimum Gasteiger partial charge on any atom is -0.0780 e. The standard InChI is InChI=1S/C16H16N/c1-3-8-15(9-4-1)12-7-13-17-14-16-10-5-2-6-11-16/h1-6,8-11H,7,12-13H2/q+1. The van der Waals surface area contributed by atoms with Crippen molar-refractivity contribution >= 4 is 0 Å². The molecule has 0 saturated heterocycles. The van der Waals surface area contributed by atoms with Gasteiger partial charge in [0, 0.05) is 6.42 Å². The zero-order chi connectivity index (χ0) is 11.8. The maximum Gasteiger partial charge on any atom is 0.311 e. The molecule has 0 bridgehead atoms. The summed E-state index contributed by atoms with van der Waals surface area (Å²) in [7, 11) is 0. The predicted molar refractivity (Wildman–Crippen MR) is 72.4 cm³/mol. The van der Waals surface area contributed by atoms with Crippen molar-refractivity contribution in [1.82, 2.24) is 0 Å². The summed E-state index contributed by atoms with van der Waals surface area (Å²) in [5.41, 5.74) is 2.43. The molecule has 0 N–H and O–H groups in total. The fraction of sp³-hybridized carbons (Fsp3) is 0.188. The van der Waals surface area contributed by atoms with Crippen molar-refractivity contribution in [2.75, 3.05) is 6.54 Å². The second-order valence-electron chi connectivity index (χ2n) is 3.95. The third-order valence-electron chi connectivity index (χ3n) is 2.56. The minimum atomic E-state index is 0.837. The van der Waals surface area contributed by atoms with E-state index in [2.05, 4.69) is 35.2 Å². The highest BCUT2D eigenvalue weighted by Gasteiger charge is 1.96. The third kappa shape index (κ3) is 4.12. The SMILES string of the molecule is C(#[N+]CCCc1ccccc1)c1ccccc1. The minimum absolute atomic E-state index is 0.837. The lowest BCUT2D eigenvalue weighted by molar-refractivity contribution is 0.892. The molecule has 2 aromatic rings. The summed E-state index contributed by atoms with van der Waals surface area (Å²) in [6.07, 6.45) is 2.16. The molecule has 0 radical (unpaired) electrons. The van der Waals surface area contributed by atoms with Crippen LogP contribution in [0.1, 0.15) is 17.5 Å². The molecule has 0 fully saturated rings. The number of aryl methyl sites for hydroxylation is 1. The maximum absolute atomic E-state index is 4.31. The molecule has 0 amide bonds. The number of benzene rings is 2. The van der Waals surface area contributed by atoms with E-state index < -0.39 is 0 Å². The van der Waals surface area contributed by atoms with Crippen molar-refractivity contribution in [2.24, 2.45) is 0 Å². The number of hydrogen-bond donors (Lipinski definition) is 0. The first-order valence-corrected chi connectivity index (χ1v) is 5.96. The van der Waals surface area contributed by atoms with Crippen LogP contribution in [0.5, 0.6) is 0 Å². The summed E-state index contributed by atoms with van der Waals surface area (Å²) >= 11 is 0.